The Balaban J connectivity index is 1.85. The van der Waals surface area contributed by atoms with E-state index in [9.17, 15) is 9.13 Å². The molecule has 8 nitrogen and oxygen atoms in total. The van der Waals surface area contributed by atoms with Crippen molar-refractivity contribution < 1.29 is 36.3 Å². The molecule has 2 heterocycles. The van der Waals surface area contributed by atoms with Gasteiger partial charge in [-0.2, -0.15) is 0 Å². The van der Waals surface area contributed by atoms with E-state index in [0.29, 0.717) is 0 Å². The monoisotopic (exact) mass is 354 g/mol. The number of phosphoric acid groups is 2. The second kappa shape index (κ2) is 7.51. The van der Waals surface area contributed by atoms with Crippen molar-refractivity contribution in [1.82, 2.24) is 0 Å². The first-order chi connectivity index (χ1) is 10.4. The molecule has 0 N–H and O–H groups in total. The van der Waals surface area contributed by atoms with Crippen LogP contribution in [-0.4, -0.2) is 39.6 Å². The third kappa shape index (κ3) is 4.60. The minimum atomic E-state index is -3.57. The van der Waals surface area contributed by atoms with Gasteiger partial charge in [0.2, 0.25) is 0 Å². The molecule has 126 valence electrons. The molecule has 0 radical (unpaired) electrons. The summed E-state index contributed by atoms with van der Waals surface area (Å²) in [5.74, 6) is 0. The van der Waals surface area contributed by atoms with Crippen LogP contribution < -0.4 is 0 Å². The summed E-state index contributed by atoms with van der Waals surface area (Å²) in [5.41, 5.74) is -0.677. The number of hydrogen-bond donors (Lipinski definition) is 0. The molecule has 0 aromatic rings. The van der Waals surface area contributed by atoms with E-state index >= 15 is 0 Å². The Morgan fingerprint density at radius 1 is 1.00 bits per heavy atom. The fourth-order valence-electron chi connectivity index (χ4n) is 1.71. The maximum atomic E-state index is 12.1. The zero-order valence-electron chi connectivity index (χ0n) is 12.3. The molecular weight excluding hydrogens is 334 g/mol. The Kier molecular flexibility index (Phi) is 6.16. The van der Waals surface area contributed by atoms with Crippen molar-refractivity contribution in [2.24, 2.45) is 5.41 Å². The van der Waals surface area contributed by atoms with Gasteiger partial charge in [-0.05, 0) is 6.92 Å². The Hall–Kier alpha value is -0.300. The summed E-state index contributed by atoms with van der Waals surface area (Å²) in [6, 6.07) is 0. The number of rotatable bonds is 6. The van der Waals surface area contributed by atoms with Crippen LogP contribution in [0.2, 0.25) is 0 Å². The molecule has 0 bridgehead atoms. The molecule has 1 spiro atoms. The van der Waals surface area contributed by atoms with Crippen LogP contribution in [0.3, 0.4) is 0 Å². The molecule has 0 aromatic carbocycles. The highest BCUT2D eigenvalue weighted by Gasteiger charge is 2.49. The van der Waals surface area contributed by atoms with Crippen molar-refractivity contribution in [2.45, 2.75) is 6.92 Å². The van der Waals surface area contributed by atoms with Crippen molar-refractivity contribution in [1.29, 1.82) is 0 Å². The van der Waals surface area contributed by atoms with Gasteiger partial charge in [0.25, 0.3) is 0 Å². The average molecular weight is 354 g/mol. The van der Waals surface area contributed by atoms with E-state index in [1.807, 2.05) is 6.92 Å². The molecule has 22 heavy (non-hydrogen) atoms. The first kappa shape index (κ1) is 18.0. The zero-order valence-corrected chi connectivity index (χ0v) is 14.1. The van der Waals surface area contributed by atoms with Crippen molar-refractivity contribution >= 4 is 15.6 Å². The lowest BCUT2D eigenvalue weighted by atomic mass is 9.93. The summed E-state index contributed by atoms with van der Waals surface area (Å²) in [5, 5.41) is 0. The number of allylic oxidation sites excluding steroid dienone is 1. The summed E-state index contributed by atoms with van der Waals surface area (Å²) in [6.07, 6.45) is 4.90. The van der Waals surface area contributed by atoms with Gasteiger partial charge in [-0.25, -0.2) is 9.13 Å². The molecule has 0 amide bonds. The fraction of sp³-hybridized carbons (Fsp3) is 0.667. The minimum Gasteiger partial charge on any atom is -0.286 e. The van der Waals surface area contributed by atoms with E-state index < -0.39 is 21.1 Å². The molecule has 2 rings (SSSR count). The van der Waals surface area contributed by atoms with Gasteiger partial charge in [0.15, 0.2) is 0 Å². The Bertz CT molecular complexity index is 491. The van der Waals surface area contributed by atoms with Crippen LogP contribution >= 0.6 is 15.6 Å². The van der Waals surface area contributed by atoms with Crippen LogP contribution in [0.25, 0.3) is 0 Å². The predicted octanol–water partition coefficient (Wildman–Crippen LogP) is 3.08. The van der Waals surface area contributed by atoms with Crippen LogP contribution in [0.15, 0.2) is 24.8 Å². The maximum Gasteiger partial charge on any atom is 0.475 e. The summed E-state index contributed by atoms with van der Waals surface area (Å²) in [7, 11) is -7.13. The second-order valence-corrected chi connectivity index (χ2v) is 8.28. The highest BCUT2D eigenvalue weighted by molar-refractivity contribution is 7.48. The second-order valence-electron chi connectivity index (χ2n) is 4.94. The molecule has 0 saturated carbocycles. The molecule has 0 atom stereocenters. The van der Waals surface area contributed by atoms with Gasteiger partial charge < -0.3 is 0 Å². The predicted molar refractivity (Wildman–Crippen MR) is 78.4 cm³/mol. The molecule has 2 fully saturated rings. The van der Waals surface area contributed by atoms with Gasteiger partial charge in [-0.1, -0.05) is 18.2 Å². The third-order valence-electron chi connectivity index (χ3n) is 3.03. The van der Waals surface area contributed by atoms with Crippen molar-refractivity contribution in [2.75, 3.05) is 39.6 Å². The summed E-state index contributed by atoms with van der Waals surface area (Å²) in [4.78, 5) is 0. The molecule has 10 heteroatoms. The minimum absolute atomic E-state index is 0.0519. The van der Waals surface area contributed by atoms with Gasteiger partial charge in [0, 0.05) is 0 Å². The average Bonchev–Trinajstić information content (AvgIpc) is 2.52. The van der Waals surface area contributed by atoms with Crippen molar-refractivity contribution in [3.05, 3.63) is 24.8 Å². The van der Waals surface area contributed by atoms with Gasteiger partial charge in [0.1, 0.15) is 0 Å². The molecule has 0 unspecified atom stereocenters. The summed E-state index contributed by atoms with van der Waals surface area (Å²) < 4.78 is 55.1. The molecule has 0 aromatic heterocycles. The lowest BCUT2D eigenvalue weighted by Gasteiger charge is -2.41. The summed E-state index contributed by atoms with van der Waals surface area (Å²) >= 11 is 0. The van der Waals surface area contributed by atoms with Gasteiger partial charge in [0.05, 0.1) is 45.1 Å². The van der Waals surface area contributed by atoms with E-state index in [1.165, 1.54) is 6.08 Å². The zero-order chi connectivity index (χ0) is 16.1. The summed E-state index contributed by atoms with van der Waals surface area (Å²) in [6.45, 7) is 5.69. The third-order valence-corrected chi connectivity index (χ3v) is 5.74. The van der Waals surface area contributed by atoms with E-state index in [1.54, 1.807) is 12.2 Å². The van der Waals surface area contributed by atoms with Crippen LogP contribution in [0, 0.1) is 5.41 Å². The highest BCUT2D eigenvalue weighted by Crippen LogP contribution is 2.59. The number of phosphoric ester groups is 2. The molecular formula is C12H20O8P2. The van der Waals surface area contributed by atoms with Crippen molar-refractivity contribution in [3.8, 4) is 0 Å². The normalized spacial score (nSPS) is 39.3. The first-order valence-electron chi connectivity index (χ1n) is 6.74. The van der Waals surface area contributed by atoms with E-state index in [2.05, 4.69) is 6.58 Å². The fourth-order valence-corrected chi connectivity index (χ4v) is 4.44. The standard InChI is InChI=1S/C12H20O8P2/c1-3-5-7-16-22(14)19-10-12(11-20-22)8-17-21(13,18-9-12)15-6-4-2/h3-5H,2,6-11H2,1H3/b5-3+. The molecule has 2 aliphatic rings. The number of hydrogen-bond acceptors (Lipinski definition) is 8. The Morgan fingerprint density at radius 2 is 1.45 bits per heavy atom. The largest absolute Gasteiger partial charge is 0.475 e. The van der Waals surface area contributed by atoms with Crippen LogP contribution in [0.4, 0.5) is 0 Å². The highest BCUT2D eigenvalue weighted by atomic mass is 31.2. The van der Waals surface area contributed by atoms with Gasteiger partial charge >= 0.3 is 15.6 Å². The lowest BCUT2D eigenvalue weighted by Crippen LogP contribution is -2.45. The Labute approximate surface area is 129 Å². The van der Waals surface area contributed by atoms with Crippen molar-refractivity contribution in [3.63, 3.8) is 0 Å². The molecule has 0 aliphatic carbocycles. The molecule has 2 saturated heterocycles. The van der Waals surface area contributed by atoms with E-state index in [0.717, 1.165) is 0 Å². The van der Waals surface area contributed by atoms with Gasteiger partial charge in [-0.15, -0.1) is 6.58 Å². The smallest absolute Gasteiger partial charge is 0.286 e. The van der Waals surface area contributed by atoms with Crippen LogP contribution in [0.5, 0.6) is 0 Å². The van der Waals surface area contributed by atoms with Crippen LogP contribution in [-0.2, 0) is 36.3 Å². The topological polar surface area (TPSA) is 89.5 Å². The van der Waals surface area contributed by atoms with E-state index in [-0.39, 0.29) is 39.6 Å². The lowest BCUT2D eigenvalue weighted by molar-refractivity contribution is -0.0938. The first-order valence-corrected chi connectivity index (χ1v) is 9.66. The van der Waals surface area contributed by atoms with Gasteiger partial charge in [-0.3, -0.25) is 27.1 Å². The quantitative estimate of drug-likeness (QED) is 0.531. The molecule has 2 aliphatic heterocycles. The Morgan fingerprint density at radius 3 is 1.86 bits per heavy atom. The maximum absolute atomic E-state index is 12.1. The van der Waals surface area contributed by atoms with E-state index in [4.69, 9.17) is 27.1 Å². The van der Waals surface area contributed by atoms with Crippen LogP contribution in [0.1, 0.15) is 6.92 Å². The SMILES string of the molecule is C=CCOP1(=O)OCC2(CO1)COP(=O)(OC/C=C/C)OC2.